The fourth-order valence-electron chi connectivity index (χ4n) is 0.999. The van der Waals surface area contributed by atoms with Crippen molar-refractivity contribution in [2.24, 2.45) is 0 Å². The number of hydrogen-bond donors (Lipinski definition) is 0. The topological polar surface area (TPSA) is 18.5 Å². The molecular formula is C7H15O2PS. The van der Waals surface area contributed by atoms with E-state index in [0.29, 0.717) is 18.9 Å². The Labute approximate surface area is 73.4 Å². The van der Waals surface area contributed by atoms with Gasteiger partial charge in [0.1, 0.15) is 0 Å². The van der Waals surface area contributed by atoms with Gasteiger partial charge in [0, 0.05) is 5.66 Å². The average Bonchev–Trinajstić information content (AvgIpc) is 2.68. The van der Waals surface area contributed by atoms with Crippen molar-refractivity contribution in [1.82, 2.24) is 0 Å². The summed E-state index contributed by atoms with van der Waals surface area (Å²) in [6, 6.07) is 0. The van der Waals surface area contributed by atoms with Crippen molar-refractivity contribution in [2.45, 2.75) is 32.3 Å². The second kappa shape index (κ2) is 3.99. The summed E-state index contributed by atoms with van der Waals surface area (Å²) in [5.74, 6) is 0. The van der Waals surface area contributed by atoms with E-state index >= 15 is 0 Å². The Morgan fingerprint density at radius 2 is 1.73 bits per heavy atom. The maximum Gasteiger partial charge on any atom is 0.191 e. The number of hydrogen-bond acceptors (Lipinski definition) is 3. The molecule has 0 spiro atoms. The summed E-state index contributed by atoms with van der Waals surface area (Å²) in [5, 5.41) is 0. The third-order valence-corrected chi connectivity index (χ3v) is 5.79. The third kappa shape index (κ3) is 2.51. The molecule has 0 aromatic rings. The lowest BCUT2D eigenvalue weighted by Crippen LogP contribution is -1.99. The van der Waals surface area contributed by atoms with Crippen LogP contribution in [0.25, 0.3) is 0 Å². The molecule has 0 N–H and O–H groups in total. The van der Waals surface area contributed by atoms with Crippen LogP contribution in [0.2, 0.25) is 0 Å². The SMILES string of the molecule is CCOP(=S)(OCC)C1CC1. The van der Waals surface area contributed by atoms with Crippen molar-refractivity contribution in [3.05, 3.63) is 0 Å². The maximum atomic E-state index is 5.50. The van der Waals surface area contributed by atoms with E-state index in [1.165, 1.54) is 12.8 Å². The third-order valence-electron chi connectivity index (χ3n) is 1.61. The summed E-state index contributed by atoms with van der Waals surface area (Å²) in [4.78, 5) is 0. The molecule has 0 atom stereocenters. The van der Waals surface area contributed by atoms with Crippen molar-refractivity contribution in [3.63, 3.8) is 0 Å². The fraction of sp³-hybridized carbons (Fsp3) is 1.00. The first kappa shape index (κ1) is 9.66. The summed E-state index contributed by atoms with van der Waals surface area (Å²) in [5.41, 5.74) is 0.567. The van der Waals surface area contributed by atoms with E-state index in [0.717, 1.165) is 0 Å². The largest absolute Gasteiger partial charge is 0.329 e. The van der Waals surface area contributed by atoms with Crippen LogP contribution in [0.3, 0.4) is 0 Å². The minimum Gasteiger partial charge on any atom is -0.329 e. The Morgan fingerprint density at radius 3 is 2.00 bits per heavy atom. The summed E-state index contributed by atoms with van der Waals surface area (Å²) in [7, 11) is 0. The molecule has 2 nitrogen and oxygen atoms in total. The van der Waals surface area contributed by atoms with Crippen molar-refractivity contribution < 1.29 is 9.05 Å². The lowest BCUT2D eigenvalue weighted by molar-refractivity contribution is 0.265. The number of rotatable bonds is 5. The standard InChI is InChI=1S/C7H15O2PS/c1-3-8-10(11,9-4-2)7-5-6-7/h7H,3-6H2,1-2H3. The molecule has 1 rings (SSSR count). The van der Waals surface area contributed by atoms with Crippen molar-refractivity contribution in [1.29, 1.82) is 0 Å². The molecule has 0 aromatic heterocycles. The summed E-state index contributed by atoms with van der Waals surface area (Å²) >= 11 is 5.35. The summed E-state index contributed by atoms with van der Waals surface area (Å²) < 4.78 is 11.0. The highest BCUT2D eigenvalue weighted by atomic mass is 32.5. The van der Waals surface area contributed by atoms with Gasteiger partial charge in [0.05, 0.1) is 13.2 Å². The first-order valence-corrected chi connectivity index (χ1v) is 6.82. The Balaban J connectivity index is 2.47. The zero-order valence-electron chi connectivity index (χ0n) is 7.08. The van der Waals surface area contributed by atoms with Gasteiger partial charge in [-0.15, -0.1) is 0 Å². The molecule has 0 amide bonds. The Kier molecular flexibility index (Phi) is 3.51. The van der Waals surface area contributed by atoms with Crippen molar-refractivity contribution >= 4 is 18.3 Å². The predicted octanol–water partition coefficient (Wildman–Crippen LogP) is 2.53. The lowest BCUT2D eigenvalue weighted by atomic mass is 10.9. The lowest BCUT2D eigenvalue weighted by Gasteiger charge is -2.20. The zero-order valence-corrected chi connectivity index (χ0v) is 8.79. The Bertz CT molecular complexity index is 158. The average molecular weight is 194 g/mol. The second-order valence-corrected chi connectivity index (χ2v) is 6.46. The second-order valence-electron chi connectivity index (χ2n) is 2.61. The highest BCUT2D eigenvalue weighted by molar-refractivity contribution is 8.10. The monoisotopic (exact) mass is 194 g/mol. The van der Waals surface area contributed by atoms with Gasteiger partial charge in [-0.3, -0.25) is 0 Å². The quantitative estimate of drug-likeness (QED) is 0.626. The molecule has 1 fully saturated rings. The molecule has 11 heavy (non-hydrogen) atoms. The predicted molar refractivity (Wildman–Crippen MR) is 50.6 cm³/mol. The van der Waals surface area contributed by atoms with E-state index in [9.17, 15) is 0 Å². The molecule has 0 bridgehead atoms. The van der Waals surface area contributed by atoms with Gasteiger partial charge in [-0.05, 0) is 38.5 Å². The molecule has 66 valence electrons. The first-order chi connectivity index (χ1) is 5.23. The van der Waals surface area contributed by atoms with E-state index in [1.54, 1.807) is 0 Å². The van der Waals surface area contributed by atoms with E-state index in [-0.39, 0.29) is 0 Å². The van der Waals surface area contributed by atoms with Gasteiger partial charge in [-0.2, -0.15) is 0 Å². The van der Waals surface area contributed by atoms with Crippen LogP contribution in [0.1, 0.15) is 26.7 Å². The Hall–Kier alpha value is 0.570. The molecule has 0 heterocycles. The summed E-state index contributed by atoms with van der Waals surface area (Å²) in [6.07, 6.45) is 2.41. The molecule has 0 aliphatic heterocycles. The van der Waals surface area contributed by atoms with Gasteiger partial charge in [0.25, 0.3) is 0 Å². The molecule has 0 saturated heterocycles. The van der Waals surface area contributed by atoms with Crippen LogP contribution in [-0.4, -0.2) is 18.9 Å². The van der Waals surface area contributed by atoms with Gasteiger partial charge >= 0.3 is 0 Å². The minimum absolute atomic E-state index is 0.567. The highest BCUT2D eigenvalue weighted by Crippen LogP contribution is 2.62. The van der Waals surface area contributed by atoms with Crippen molar-refractivity contribution in [2.75, 3.05) is 13.2 Å². The van der Waals surface area contributed by atoms with Crippen LogP contribution in [0.4, 0.5) is 0 Å². The van der Waals surface area contributed by atoms with Crippen LogP contribution >= 0.6 is 6.49 Å². The van der Waals surface area contributed by atoms with Crippen LogP contribution in [0.5, 0.6) is 0 Å². The van der Waals surface area contributed by atoms with E-state index < -0.39 is 6.49 Å². The van der Waals surface area contributed by atoms with Crippen LogP contribution < -0.4 is 0 Å². The molecule has 1 aliphatic carbocycles. The fourth-order valence-corrected chi connectivity index (χ4v) is 4.26. The van der Waals surface area contributed by atoms with Crippen LogP contribution in [-0.2, 0) is 20.9 Å². The smallest absolute Gasteiger partial charge is 0.191 e. The maximum absolute atomic E-state index is 5.50. The van der Waals surface area contributed by atoms with Gasteiger partial charge in [-0.25, -0.2) is 0 Å². The first-order valence-electron chi connectivity index (χ1n) is 4.11. The van der Waals surface area contributed by atoms with Gasteiger partial charge < -0.3 is 9.05 Å². The van der Waals surface area contributed by atoms with E-state index in [4.69, 9.17) is 20.9 Å². The van der Waals surface area contributed by atoms with E-state index in [2.05, 4.69) is 0 Å². The molecule has 0 aromatic carbocycles. The zero-order chi connectivity index (χ0) is 8.32. The van der Waals surface area contributed by atoms with E-state index in [1.807, 2.05) is 13.8 Å². The summed E-state index contributed by atoms with van der Waals surface area (Å²) in [6.45, 7) is 3.48. The highest BCUT2D eigenvalue weighted by Gasteiger charge is 2.38. The molecule has 1 saturated carbocycles. The van der Waals surface area contributed by atoms with Crippen LogP contribution in [0, 0.1) is 0 Å². The van der Waals surface area contributed by atoms with Gasteiger partial charge in [0.2, 0.25) is 0 Å². The normalized spacial score (nSPS) is 18.7. The molecule has 4 heteroatoms. The van der Waals surface area contributed by atoms with Crippen molar-refractivity contribution in [3.8, 4) is 0 Å². The molecular weight excluding hydrogens is 179 g/mol. The van der Waals surface area contributed by atoms with Gasteiger partial charge in [-0.1, -0.05) is 0 Å². The minimum atomic E-state index is -1.85. The molecule has 1 aliphatic rings. The molecule has 0 unspecified atom stereocenters. The Morgan fingerprint density at radius 1 is 1.27 bits per heavy atom. The molecule has 0 radical (unpaired) electrons. The van der Waals surface area contributed by atoms with Crippen LogP contribution in [0.15, 0.2) is 0 Å². The van der Waals surface area contributed by atoms with Gasteiger partial charge in [0.15, 0.2) is 6.49 Å².